The van der Waals surface area contributed by atoms with Crippen molar-refractivity contribution < 1.29 is 22.4 Å². The lowest BCUT2D eigenvalue weighted by Crippen LogP contribution is -2.27. The molecule has 1 amide bonds. The maximum atomic E-state index is 13.2. The van der Waals surface area contributed by atoms with Gasteiger partial charge in [0.15, 0.2) is 0 Å². The van der Waals surface area contributed by atoms with Crippen LogP contribution in [0, 0.1) is 5.82 Å². The standard InChI is InChI=1S/C20H29F4NO/c1-2-3-4-5-6-7-8-9-10-11-14-25-19(26)17-15-16(21)12-13-18(17)20(22,23)24/h12-13,15H,2-11,14H2,1H3,(H,25,26). The normalized spacial score (nSPS) is 11.6. The van der Waals surface area contributed by atoms with E-state index in [0.717, 1.165) is 19.3 Å². The van der Waals surface area contributed by atoms with Crippen LogP contribution in [0.1, 0.15) is 87.1 Å². The summed E-state index contributed by atoms with van der Waals surface area (Å²) in [7, 11) is 0. The number of benzene rings is 1. The highest BCUT2D eigenvalue weighted by Gasteiger charge is 2.35. The molecule has 0 radical (unpaired) electrons. The molecule has 0 aliphatic heterocycles. The van der Waals surface area contributed by atoms with E-state index in [9.17, 15) is 22.4 Å². The summed E-state index contributed by atoms with van der Waals surface area (Å²) in [6, 6.07) is 1.95. The van der Waals surface area contributed by atoms with Crippen LogP contribution in [-0.2, 0) is 6.18 Å². The molecule has 0 aliphatic rings. The summed E-state index contributed by atoms with van der Waals surface area (Å²) < 4.78 is 51.9. The van der Waals surface area contributed by atoms with Gasteiger partial charge < -0.3 is 5.32 Å². The first-order valence-electron chi connectivity index (χ1n) is 9.51. The van der Waals surface area contributed by atoms with Crippen LogP contribution in [0.3, 0.4) is 0 Å². The van der Waals surface area contributed by atoms with Crippen LogP contribution in [0.5, 0.6) is 0 Å². The molecule has 2 nitrogen and oxygen atoms in total. The Kier molecular flexibility index (Phi) is 10.3. The Morgan fingerprint density at radius 2 is 1.46 bits per heavy atom. The van der Waals surface area contributed by atoms with Crippen LogP contribution in [0.25, 0.3) is 0 Å². The number of halogens is 4. The molecule has 0 heterocycles. The third-order valence-corrected chi connectivity index (χ3v) is 4.35. The van der Waals surface area contributed by atoms with Crippen LogP contribution >= 0.6 is 0 Å². The number of hydrogen-bond donors (Lipinski definition) is 1. The highest BCUT2D eigenvalue weighted by molar-refractivity contribution is 5.95. The molecule has 1 aromatic carbocycles. The zero-order valence-corrected chi connectivity index (χ0v) is 15.4. The Morgan fingerprint density at radius 3 is 2.00 bits per heavy atom. The highest BCUT2D eigenvalue weighted by Crippen LogP contribution is 2.32. The van der Waals surface area contributed by atoms with Gasteiger partial charge in [0.1, 0.15) is 5.82 Å². The maximum absolute atomic E-state index is 13.2. The molecule has 1 N–H and O–H groups in total. The largest absolute Gasteiger partial charge is 0.417 e. The molecule has 0 fully saturated rings. The van der Waals surface area contributed by atoms with Gasteiger partial charge in [-0.15, -0.1) is 0 Å². The Balaban J connectivity index is 2.24. The van der Waals surface area contributed by atoms with Crippen molar-refractivity contribution in [1.82, 2.24) is 5.32 Å². The summed E-state index contributed by atoms with van der Waals surface area (Å²) in [5.41, 5.74) is -1.77. The van der Waals surface area contributed by atoms with E-state index in [1.54, 1.807) is 0 Å². The van der Waals surface area contributed by atoms with E-state index in [2.05, 4.69) is 12.2 Å². The molecule has 26 heavy (non-hydrogen) atoms. The van der Waals surface area contributed by atoms with E-state index in [0.29, 0.717) is 31.2 Å². The van der Waals surface area contributed by atoms with Gasteiger partial charge in [0, 0.05) is 6.54 Å². The summed E-state index contributed by atoms with van der Waals surface area (Å²) in [5.74, 6) is -1.74. The maximum Gasteiger partial charge on any atom is 0.417 e. The van der Waals surface area contributed by atoms with E-state index < -0.39 is 29.0 Å². The molecular weight excluding hydrogens is 346 g/mol. The molecule has 0 saturated carbocycles. The number of rotatable bonds is 12. The van der Waals surface area contributed by atoms with Crippen molar-refractivity contribution in [2.45, 2.75) is 77.3 Å². The molecule has 0 aliphatic carbocycles. The van der Waals surface area contributed by atoms with Crippen molar-refractivity contribution in [3.63, 3.8) is 0 Å². The van der Waals surface area contributed by atoms with Gasteiger partial charge >= 0.3 is 6.18 Å². The van der Waals surface area contributed by atoms with Crippen LogP contribution in [-0.4, -0.2) is 12.5 Å². The first-order valence-corrected chi connectivity index (χ1v) is 9.51. The van der Waals surface area contributed by atoms with Gasteiger partial charge in [-0.25, -0.2) is 4.39 Å². The minimum absolute atomic E-state index is 0.295. The molecule has 0 atom stereocenters. The second-order valence-electron chi connectivity index (χ2n) is 6.63. The van der Waals surface area contributed by atoms with E-state index in [4.69, 9.17) is 0 Å². The second-order valence-corrected chi connectivity index (χ2v) is 6.63. The Bertz CT molecular complexity index is 543. The first-order chi connectivity index (χ1) is 12.4. The fourth-order valence-electron chi connectivity index (χ4n) is 2.86. The van der Waals surface area contributed by atoms with Crippen molar-refractivity contribution in [3.8, 4) is 0 Å². The lowest BCUT2D eigenvalue weighted by Gasteiger charge is -2.13. The minimum atomic E-state index is -4.68. The van der Waals surface area contributed by atoms with Crippen LogP contribution in [0.2, 0.25) is 0 Å². The smallest absolute Gasteiger partial charge is 0.352 e. The van der Waals surface area contributed by atoms with Gasteiger partial charge in [-0.3, -0.25) is 4.79 Å². The molecule has 0 saturated heterocycles. The molecule has 0 unspecified atom stereocenters. The first kappa shape index (κ1) is 22.5. The zero-order valence-electron chi connectivity index (χ0n) is 15.4. The number of carbonyl (C=O) groups excluding carboxylic acids is 1. The number of unbranched alkanes of at least 4 members (excludes halogenated alkanes) is 9. The quantitative estimate of drug-likeness (QED) is 0.328. The average Bonchev–Trinajstić information content (AvgIpc) is 2.58. The van der Waals surface area contributed by atoms with Crippen molar-refractivity contribution >= 4 is 5.91 Å². The van der Waals surface area contributed by atoms with Gasteiger partial charge in [0.2, 0.25) is 0 Å². The van der Waals surface area contributed by atoms with E-state index >= 15 is 0 Å². The highest BCUT2D eigenvalue weighted by atomic mass is 19.4. The van der Waals surface area contributed by atoms with Gasteiger partial charge in [-0.1, -0.05) is 64.7 Å². The number of carbonyl (C=O) groups is 1. The van der Waals surface area contributed by atoms with Crippen molar-refractivity contribution in [1.29, 1.82) is 0 Å². The minimum Gasteiger partial charge on any atom is -0.352 e. The topological polar surface area (TPSA) is 29.1 Å². The molecule has 0 spiro atoms. The molecule has 6 heteroatoms. The predicted octanol–water partition coefficient (Wildman–Crippen LogP) is 6.50. The SMILES string of the molecule is CCCCCCCCCCCCNC(=O)c1cc(F)ccc1C(F)(F)F. The van der Waals surface area contributed by atoms with Crippen molar-refractivity contribution in [2.24, 2.45) is 0 Å². The van der Waals surface area contributed by atoms with E-state index in [-0.39, 0.29) is 0 Å². The summed E-state index contributed by atoms with van der Waals surface area (Å²) in [5, 5.41) is 2.46. The van der Waals surface area contributed by atoms with Gasteiger partial charge in [-0.05, 0) is 24.6 Å². The van der Waals surface area contributed by atoms with Crippen LogP contribution < -0.4 is 5.32 Å². The molecule has 1 aromatic rings. The molecule has 0 bridgehead atoms. The Labute approximate surface area is 153 Å². The third-order valence-electron chi connectivity index (χ3n) is 4.35. The molecule has 0 aromatic heterocycles. The average molecular weight is 375 g/mol. The third kappa shape index (κ3) is 8.68. The Hall–Kier alpha value is -1.59. The monoisotopic (exact) mass is 375 g/mol. The van der Waals surface area contributed by atoms with Crippen molar-refractivity contribution in [2.75, 3.05) is 6.54 Å². The fraction of sp³-hybridized carbons (Fsp3) is 0.650. The van der Waals surface area contributed by atoms with Crippen LogP contribution in [0.4, 0.5) is 17.6 Å². The summed E-state index contributed by atoms with van der Waals surface area (Å²) >= 11 is 0. The number of nitrogens with one attached hydrogen (secondary N) is 1. The van der Waals surface area contributed by atoms with Gasteiger partial charge in [-0.2, -0.15) is 13.2 Å². The second kappa shape index (κ2) is 11.9. The fourth-order valence-corrected chi connectivity index (χ4v) is 2.86. The Morgan fingerprint density at radius 1 is 0.923 bits per heavy atom. The van der Waals surface area contributed by atoms with Crippen LogP contribution in [0.15, 0.2) is 18.2 Å². The van der Waals surface area contributed by atoms with Crippen molar-refractivity contribution in [3.05, 3.63) is 35.1 Å². The van der Waals surface area contributed by atoms with E-state index in [1.165, 1.54) is 38.5 Å². The van der Waals surface area contributed by atoms with E-state index in [1.807, 2.05) is 0 Å². The molecule has 148 valence electrons. The lowest BCUT2D eigenvalue weighted by atomic mass is 10.1. The number of hydrogen-bond acceptors (Lipinski definition) is 1. The summed E-state index contributed by atoms with van der Waals surface area (Å²) in [4.78, 5) is 11.9. The van der Waals surface area contributed by atoms with Gasteiger partial charge in [0.25, 0.3) is 5.91 Å². The number of amides is 1. The lowest BCUT2D eigenvalue weighted by molar-refractivity contribution is -0.138. The zero-order chi connectivity index (χ0) is 19.4. The molecule has 1 rings (SSSR count). The summed E-state index contributed by atoms with van der Waals surface area (Å²) in [6.07, 6.45) is 6.69. The number of alkyl halides is 3. The summed E-state index contributed by atoms with van der Waals surface area (Å²) in [6.45, 7) is 2.49. The predicted molar refractivity (Wildman–Crippen MR) is 95.6 cm³/mol. The molecular formula is C20H29F4NO. The van der Waals surface area contributed by atoms with Gasteiger partial charge in [0.05, 0.1) is 11.1 Å².